The van der Waals surface area contributed by atoms with Crippen LogP contribution in [0.5, 0.6) is 0 Å². The summed E-state index contributed by atoms with van der Waals surface area (Å²) in [5.41, 5.74) is 3.80. The lowest BCUT2D eigenvalue weighted by atomic mass is 10.0. The summed E-state index contributed by atoms with van der Waals surface area (Å²) in [6.07, 6.45) is 6.59. The molecule has 3 rings (SSSR count). The van der Waals surface area contributed by atoms with Crippen LogP contribution in [0.2, 0.25) is 0 Å². The van der Waals surface area contributed by atoms with E-state index in [0.29, 0.717) is 0 Å². The van der Waals surface area contributed by atoms with Gasteiger partial charge in [0.25, 0.3) is 0 Å². The Morgan fingerprint density at radius 1 is 1.07 bits per heavy atom. The average molecular weight is 199 g/mol. The van der Waals surface area contributed by atoms with Crippen molar-refractivity contribution in [2.24, 2.45) is 0 Å². The predicted molar refractivity (Wildman–Crippen MR) is 58.0 cm³/mol. The van der Waals surface area contributed by atoms with Gasteiger partial charge in [0.15, 0.2) is 0 Å². The smallest absolute Gasteiger partial charge is 0.0729 e. The van der Waals surface area contributed by atoms with Gasteiger partial charge in [0.1, 0.15) is 0 Å². The molecule has 2 aromatic rings. The first-order valence-corrected chi connectivity index (χ1v) is 5.43. The fraction of sp³-hybridized carbons (Fsp3) is 0.333. The third kappa shape index (κ3) is 1.44. The highest BCUT2D eigenvalue weighted by Crippen LogP contribution is 2.21. The van der Waals surface area contributed by atoms with E-state index in [-0.39, 0.29) is 0 Å². The van der Waals surface area contributed by atoms with Gasteiger partial charge in [-0.2, -0.15) is 0 Å². The number of aryl methyl sites for hydroxylation is 2. The Labute approximate surface area is 88.7 Å². The Kier molecular flexibility index (Phi) is 2.02. The van der Waals surface area contributed by atoms with E-state index in [4.69, 9.17) is 0 Å². The van der Waals surface area contributed by atoms with Gasteiger partial charge in [-0.05, 0) is 37.3 Å². The fourth-order valence-corrected chi connectivity index (χ4v) is 2.18. The van der Waals surface area contributed by atoms with Crippen molar-refractivity contribution in [3.05, 3.63) is 41.7 Å². The van der Waals surface area contributed by atoms with Crippen molar-refractivity contribution in [1.29, 1.82) is 0 Å². The van der Waals surface area contributed by atoms with Crippen LogP contribution in [0.4, 0.5) is 0 Å². The van der Waals surface area contributed by atoms with Crippen LogP contribution >= 0.6 is 0 Å². The van der Waals surface area contributed by atoms with Crippen LogP contribution in [0.1, 0.15) is 24.1 Å². The minimum absolute atomic E-state index is 1.08. The third-order valence-electron chi connectivity index (χ3n) is 2.97. The molecule has 76 valence electrons. The molecule has 1 aromatic carbocycles. The van der Waals surface area contributed by atoms with E-state index in [2.05, 4.69) is 34.6 Å². The quantitative estimate of drug-likeness (QED) is 0.651. The van der Waals surface area contributed by atoms with Crippen LogP contribution in [-0.4, -0.2) is 15.0 Å². The topological polar surface area (TPSA) is 30.7 Å². The lowest BCUT2D eigenvalue weighted by Crippen LogP contribution is -2.08. The van der Waals surface area contributed by atoms with Crippen LogP contribution in [0.3, 0.4) is 0 Å². The third-order valence-corrected chi connectivity index (χ3v) is 2.97. The molecule has 0 saturated carbocycles. The van der Waals surface area contributed by atoms with Crippen LogP contribution in [-0.2, 0) is 12.8 Å². The molecule has 0 bridgehead atoms. The summed E-state index contributed by atoms with van der Waals surface area (Å²) in [5.74, 6) is 0. The number of fused-ring (bicyclic) bond motifs is 3. The highest BCUT2D eigenvalue weighted by molar-refractivity contribution is 5.41. The van der Waals surface area contributed by atoms with Gasteiger partial charge < -0.3 is 0 Å². The number of aromatic nitrogens is 3. The normalized spacial score (nSPS) is 14.9. The second kappa shape index (κ2) is 3.50. The molecule has 0 fully saturated rings. The van der Waals surface area contributed by atoms with Crippen molar-refractivity contribution < 1.29 is 0 Å². The Hall–Kier alpha value is -1.64. The summed E-state index contributed by atoms with van der Waals surface area (Å²) >= 11 is 0. The van der Waals surface area contributed by atoms with E-state index in [1.54, 1.807) is 0 Å². The number of nitrogens with zero attached hydrogens (tertiary/aromatic N) is 3. The molecule has 0 aliphatic carbocycles. The van der Waals surface area contributed by atoms with Crippen molar-refractivity contribution >= 4 is 0 Å². The summed E-state index contributed by atoms with van der Waals surface area (Å²) in [6, 6.07) is 8.47. The number of hydrogen-bond acceptors (Lipinski definition) is 2. The van der Waals surface area contributed by atoms with Gasteiger partial charge in [-0.25, -0.2) is 4.68 Å². The largest absolute Gasteiger partial charge is 0.217 e. The molecule has 1 aliphatic rings. The summed E-state index contributed by atoms with van der Waals surface area (Å²) in [7, 11) is 0. The lowest BCUT2D eigenvalue weighted by Gasteiger charge is -2.14. The van der Waals surface area contributed by atoms with Crippen molar-refractivity contribution in [3.63, 3.8) is 0 Å². The van der Waals surface area contributed by atoms with E-state index in [1.165, 1.54) is 29.8 Å². The monoisotopic (exact) mass is 199 g/mol. The molecular weight excluding hydrogens is 186 g/mol. The van der Waals surface area contributed by atoms with Gasteiger partial charge in [0.2, 0.25) is 0 Å². The highest BCUT2D eigenvalue weighted by Gasteiger charge is 2.12. The van der Waals surface area contributed by atoms with E-state index >= 15 is 0 Å². The molecule has 0 saturated heterocycles. The minimum atomic E-state index is 1.08. The number of hydrogen-bond donors (Lipinski definition) is 0. The van der Waals surface area contributed by atoms with Gasteiger partial charge in [-0.1, -0.05) is 23.4 Å². The Bertz CT molecular complexity index is 473. The summed E-state index contributed by atoms with van der Waals surface area (Å²) in [6.45, 7) is 0. The standard InChI is InChI=1S/C12H13N3/c1-3-7-11-9-13-14-15(11)12-8-4-2-6-10(12)5-1/h2,4,6,8-9H,1,3,5,7H2. The van der Waals surface area contributed by atoms with Crippen molar-refractivity contribution in [2.45, 2.75) is 25.7 Å². The molecule has 3 nitrogen and oxygen atoms in total. The number of para-hydroxylation sites is 1. The zero-order valence-electron chi connectivity index (χ0n) is 8.56. The molecule has 1 aromatic heterocycles. The fourth-order valence-electron chi connectivity index (χ4n) is 2.18. The van der Waals surface area contributed by atoms with E-state index in [0.717, 1.165) is 12.8 Å². The van der Waals surface area contributed by atoms with Crippen molar-refractivity contribution in [3.8, 4) is 5.69 Å². The van der Waals surface area contributed by atoms with Gasteiger partial charge in [-0.3, -0.25) is 0 Å². The zero-order valence-corrected chi connectivity index (χ0v) is 8.56. The van der Waals surface area contributed by atoms with E-state index < -0.39 is 0 Å². The Morgan fingerprint density at radius 2 is 1.93 bits per heavy atom. The molecule has 0 atom stereocenters. The maximum atomic E-state index is 4.17. The maximum Gasteiger partial charge on any atom is 0.0729 e. The molecule has 0 amide bonds. The molecule has 15 heavy (non-hydrogen) atoms. The van der Waals surface area contributed by atoms with Crippen LogP contribution in [0.15, 0.2) is 30.5 Å². The SMILES string of the molecule is c1ccc2c(c1)CCCCc1cnnn1-2. The second-order valence-corrected chi connectivity index (χ2v) is 3.97. The van der Waals surface area contributed by atoms with Gasteiger partial charge in [-0.15, -0.1) is 5.10 Å². The molecule has 0 radical (unpaired) electrons. The minimum Gasteiger partial charge on any atom is -0.217 e. The van der Waals surface area contributed by atoms with Crippen LogP contribution in [0, 0.1) is 0 Å². The van der Waals surface area contributed by atoms with E-state index in [1.807, 2.05) is 10.9 Å². The average Bonchev–Trinajstić information content (AvgIpc) is 2.69. The molecule has 0 unspecified atom stereocenters. The zero-order chi connectivity index (χ0) is 10.1. The Balaban J connectivity index is 2.21. The predicted octanol–water partition coefficient (Wildman–Crippen LogP) is 2.15. The lowest BCUT2D eigenvalue weighted by molar-refractivity contribution is 0.660. The molecule has 2 heterocycles. The first-order chi connectivity index (χ1) is 7.45. The first kappa shape index (κ1) is 8.65. The first-order valence-electron chi connectivity index (χ1n) is 5.43. The van der Waals surface area contributed by atoms with E-state index in [9.17, 15) is 0 Å². The number of benzene rings is 1. The van der Waals surface area contributed by atoms with Crippen LogP contribution in [0.25, 0.3) is 5.69 Å². The van der Waals surface area contributed by atoms with Crippen LogP contribution < -0.4 is 0 Å². The Morgan fingerprint density at radius 3 is 2.93 bits per heavy atom. The summed E-state index contributed by atoms with van der Waals surface area (Å²) in [5, 5.41) is 8.17. The maximum absolute atomic E-state index is 4.17. The van der Waals surface area contributed by atoms with Gasteiger partial charge >= 0.3 is 0 Å². The summed E-state index contributed by atoms with van der Waals surface area (Å²) < 4.78 is 1.98. The van der Waals surface area contributed by atoms with Gasteiger partial charge in [0, 0.05) is 0 Å². The van der Waals surface area contributed by atoms with Gasteiger partial charge in [0.05, 0.1) is 17.6 Å². The molecular formula is C12H13N3. The number of rotatable bonds is 0. The van der Waals surface area contributed by atoms with Crippen molar-refractivity contribution in [1.82, 2.24) is 15.0 Å². The molecule has 1 aliphatic heterocycles. The molecule has 0 N–H and O–H groups in total. The second-order valence-electron chi connectivity index (χ2n) is 3.97. The molecule has 0 spiro atoms. The molecule has 3 heteroatoms. The highest BCUT2D eigenvalue weighted by atomic mass is 15.4. The summed E-state index contributed by atoms with van der Waals surface area (Å²) in [4.78, 5) is 0. The van der Waals surface area contributed by atoms with Crippen molar-refractivity contribution in [2.75, 3.05) is 0 Å².